The van der Waals surface area contributed by atoms with E-state index in [1.54, 1.807) is 20.8 Å². The quantitative estimate of drug-likeness (QED) is 0.510. The topological polar surface area (TPSA) is 90.9 Å². The summed E-state index contributed by atoms with van der Waals surface area (Å²) in [6.45, 7) is 13.0. The number of amides is 1. The first-order valence-electron chi connectivity index (χ1n) is 8.41. The Morgan fingerprint density at radius 2 is 1.38 bits per heavy atom. The highest BCUT2D eigenvalue weighted by molar-refractivity contribution is 5.86. The zero-order valence-electron chi connectivity index (χ0n) is 15.8. The molecule has 140 valence electrons. The third kappa shape index (κ3) is 8.74. The summed E-state index contributed by atoms with van der Waals surface area (Å²) in [7, 11) is 0. The lowest BCUT2D eigenvalue weighted by atomic mass is 10.1. The second-order valence-electron chi connectivity index (χ2n) is 6.45. The fourth-order valence-corrected chi connectivity index (χ4v) is 1.47. The van der Waals surface area contributed by atoms with E-state index in [0.29, 0.717) is 0 Å². The first-order valence-corrected chi connectivity index (χ1v) is 8.41. The Kier molecular flexibility index (Phi) is 10.1. The molecule has 0 fully saturated rings. The van der Waals surface area contributed by atoms with E-state index in [0.717, 1.165) is 0 Å². The molecule has 0 aliphatic heterocycles. The number of ether oxygens (including phenoxy) is 3. The average Bonchev–Trinajstić information content (AvgIpc) is 2.46. The van der Waals surface area contributed by atoms with Gasteiger partial charge in [0, 0.05) is 0 Å². The molecule has 1 N–H and O–H groups in total. The minimum atomic E-state index is -1.14. The fourth-order valence-electron chi connectivity index (χ4n) is 1.47. The number of nitrogens with one attached hydrogen (secondary N) is 1. The van der Waals surface area contributed by atoms with Crippen LogP contribution >= 0.6 is 0 Å². The van der Waals surface area contributed by atoms with Gasteiger partial charge in [0.2, 0.25) is 0 Å². The number of hydrogen-bond acceptors (Lipinski definition) is 6. The van der Waals surface area contributed by atoms with Crippen LogP contribution in [0, 0.1) is 11.8 Å². The lowest BCUT2D eigenvalue weighted by molar-refractivity contribution is -0.159. The second kappa shape index (κ2) is 10.9. The van der Waals surface area contributed by atoms with Crippen molar-refractivity contribution in [3.63, 3.8) is 0 Å². The molecule has 7 heteroatoms. The molecule has 0 spiro atoms. The summed E-state index contributed by atoms with van der Waals surface area (Å²) in [5.74, 6) is -0.992. The van der Waals surface area contributed by atoms with Gasteiger partial charge in [-0.05, 0) is 32.6 Å². The van der Waals surface area contributed by atoms with Gasteiger partial charge >= 0.3 is 18.0 Å². The molecule has 0 radical (unpaired) electrons. The lowest BCUT2D eigenvalue weighted by Crippen LogP contribution is -2.45. The van der Waals surface area contributed by atoms with Crippen LogP contribution in [0.2, 0.25) is 0 Å². The van der Waals surface area contributed by atoms with E-state index in [2.05, 4.69) is 5.32 Å². The number of carbonyl (C=O) groups excluding carboxylic acids is 3. The number of hydrogen-bond donors (Lipinski definition) is 1. The molecule has 3 atom stereocenters. The van der Waals surface area contributed by atoms with E-state index in [1.807, 2.05) is 27.7 Å². The predicted molar refractivity (Wildman–Crippen MR) is 89.3 cm³/mol. The van der Waals surface area contributed by atoms with Crippen LogP contribution in [-0.4, -0.2) is 42.9 Å². The van der Waals surface area contributed by atoms with Gasteiger partial charge in [-0.25, -0.2) is 9.59 Å². The van der Waals surface area contributed by atoms with Crippen molar-refractivity contribution in [1.29, 1.82) is 0 Å². The molecule has 0 aromatic carbocycles. The van der Waals surface area contributed by atoms with Crippen LogP contribution in [0.1, 0.15) is 54.9 Å². The average molecular weight is 345 g/mol. The maximum atomic E-state index is 12.3. The van der Waals surface area contributed by atoms with Gasteiger partial charge in [0.1, 0.15) is 18.2 Å². The van der Waals surface area contributed by atoms with Crippen molar-refractivity contribution in [3.05, 3.63) is 0 Å². The normalized spacial score (nSPS) is 14.7. The molecule has 0 aliphatic carbocycles. The minimum Gasteiger partial charge on any atom is -0.462 e. The zero-order chi connectivity index (χ0) is 18.9. The molecule has 1 amide bonds. The Bertz CT molecular complexity index is 421. The Balaban J connectivity index is 4.88. The lowest BCUT2D eigenvalue weighted by Gasteiger charge is -2.23. The Labute approximate surface area is 144 Å². The van der Waals surface area contributed by atoms with E-state index in [1.165, 1.54) is 0 Å². The number of alkyl carbamates (subject to hydrolysis) is 1. The van der Waals surface area contributed by atoms with Crippen LogP contribution in [-0.2, 0) is 23.8 Å². The molecular formula is C17H31NO6. The highest BCUT2D eigenvalue weighted by Gasteiger charge is 2.29. The molecule has 7 nitrogen and oxygen atoms in total. The zero-order valence-corrected chi connectivity index (χ0v) is 15.8. The summed E-state index contributed by atoms with van der Waals surface area (Å²) in [5.41, 5.74) is 0. The van der Waals surface area contributed by atoms with Crippen molar-refractivity contribution in [3.8, 4) is 0 Å². The highest BCUT2D eigenvalue weighted by atomic mass is 16.6. The summed E-state index contributed by atoms with van der Waals surface area (Å²) in [5, 5.41) is 2.36. The standard InChI is InChI=1S/C17H31NO6/c1-8-22-17(21)18-14(16(20)24-13(7)11(4)5)9-15(19)23-12(6)10(2)3/h10-14H,8-9H2,1-7H3,(H,18,21)/t12?,13-,14?/m0/s1. The summed E-state index contributed by atoms with van der Waals surface area (Å²) in [6, 6.07) is -1.14. The highest BCUT2D eigenvalue weighted by Crippen LogP contribution is 2.11. The first kappa shape index (κ1) is 22.2. The van der Waals surface area contributed by atoms with Gasteiger partial charge < -0.3 is 19.5 Å². The van der Waals surface area contributed by atoms with Gasteiger partial charge in [0.25, 0.3) is 0 Å². The fraction of sp³-hybridized carbons (Fsp3) is 0.824. The van der Waals surface area contributed by atoms with Crippen molar-refractivity contribution < 1.29 is 28.6 Å². The van der Waals surface area contributed by atoms with Crippen molar-refractivity contribution in [2.45, 2.75) is 73.1 Å². The first-order chi connectivity index (χ1) is 11.1. The summed E-state index contributed by atoms with van der Waals surface area (Å²) in [4.78, 5) is 35.9. The number of esters is 2. The monoisotopic (exact) mass is 345 g/mol. The molecule has 0 aliphatic rings. The van der Waals surface area contributed by atoms with Crippen molar-refractivity contribution in [1.82, 2.24) is 5.32 Å². The Morgan fingerprint density at radius 3 is 1.83 bits per heavy atom. The largest absolute Gasteiger partial charge is 0.462 e. The maximum absolute atomic E-state index is 12.3. The van der Waals surface area contributed by atoms with Crippen LogP contribution in [0.25, 0.3) is 0 Å². The number of rotatable bonds is 9. The molecule has 0 rings (SSSR count). The maximum Gasteiger partial charge on any atom is 0.407 e. The van der Waals surface area contributed by atoms with Crippen LogP contribution in [0.4, 0.5) is 4.79 Å². The van der Waals surface area contributed by atoms with Gasteiger partial charge in [-0.15, -0.1) is 0 Å². The summed E-state index contributed by atoms with van der Waals surface area (Å²) >= 11 is 0. The molecule has 2 unspecified atom stereocenters. The summed E-state index contributed by atoms with van der Waals surface area (Å²) in [6.07, 6.45) is -1.71. The molecule has 0 aromatic heterocycles. The van der Waals surface area contributed by atoms with Crippen molar-refractivity contribution >= 4 is 18.0 Å². The van der Waals surface area contributed by atoms with E-state index >= 15 is 0 Å². The SMILES string of the molecule is CCOC(=O)NC(CC(=O)OC(C)C(C)C)C(=O)O[C@@H](C)C(C)C. The molecule has 24 heavy (non-hydrogen) atoms. The van der Waals surface area contributed by atoms with Crippen LogP contribution < -0.4 is 5.32 Å². The Morgan fingerprint density at radius 1 is 0.875 bits per heavy atom. The van der Waals surface area contributed by atoms with Gasteiger partial charge in [-0.3, -0.25) is 4.79 Å². The summed E-state index contributed by atoms with van der Waals surface area (Å²) < 4.78 is 15.3. The van der Waals surface area contributed by atoms with Gasteiger partial charge in [-0.2, -0.15) is 0 Å². The van der Waals surface area contributed by atoms with Gasteiger partial charge in [-0.1, -0.05) is 27.7 Å². The molecular weight excluding hydrogens is 314 g/mol. The van der Waals surface area contributed by atoms with Gasteiger partial charge in [0.15, 0.2) is 0 Å². The second-order valence-corrected chi connectivity index (χ2v) is 6.45. The third-order valence-corrected chi connectivity index (χ3v) is 3.72. The molecule has 0 heterocycles. The minimum absolute atomic E-state index is 0.116. The van der Waals surface area contributed by atoms with Crippen LogP contribution in [0.3, 0.4) is 0 Å². The Hall–Kier alpha value is -1.79. The van der Waals surface area contributed by atoms with Gasteiger partial charge in [0.05, 0.1) is 13.0 Å². The van der Waals surface area contributed by atoms with Crippen molar-refractivity contribution in [2.24, 2.45) is 11.8 Å². The van der Waals surface area contributed by atoms with E-state index < -0.39 is 24.1 Å². The van der Waals surface area contributed by atoms with Crippen LogP contribution in [0.15, 0.2) is 0 Å². The van der Waals surface area contributed by atoms with E-state index in [-0.39, 0.29) is 37.1 Å². The molecule has 0 aromatic rings. The number of carbonyl (C=O) groups is 3. The van der Waals surface area contributed by atoms with Crippen molar-refractivity contribution in [2.75, 3.05) is 6.61 Å². The smallest absolute Gasteiger partial charge is 0.407 e. The third-order valence-electron chi connectivity index (χ3n) is 3.72. The van der Waals surface area contributed by atoms with E-state index in [9.17, 15) is 14.4 Å². The molecule has 0 saturated carbocycles. The predicted octanol–water partition coefficient (Wildman–Crippen LogP) is 2.67. The van der Waals surface area contributed by atoms with Crippen LogP contribution in [0.5, 0.6) is 0 Å². The van der Waals surface area contributed by atoms with E-state index in [4.69, 9.17) is 14.2 Å². The molecule has 0 bridgehead atoms. The molecule has 0 saturated heterocycles.